The normalized spacial score (nSPS) is 10.8. The van der Waals surface area contributed by atoms with Gasteiger partial charge >= 0.3 is 0 Å². The molecule has 0 bridgehead atoms. The molecule has 0 spiro atoms. The van der Waals surface area contributed by atoms with Gasteiger partial charge in [0.05, 0.1) is 0 Å². The van der Waals surface area contributed by atoms with Crippen LogP contribution in [0.3, 0.4) is 0 Å². The summed E-state index contributed by atoms with van der Waals surface area (Å²) in [5.74, 6) is 0.808. The van der Waals surface area contributed by atoms with Crippen molar-refractivity contribution in [2.45, 2.75) is 40.5 Å². The molecular weight excluding hydrogens is 302 g/mol. The highest BCUT2D eigenvalue weighted by atomic mass is 79.9. The van der Waals surface area contributed by atoms with Crippen LogP contribution in [0.1, 0.15) is 50.9 Å². The number of ketones is 1. The average Bonchev–Trinajstić information content (AvgIpc) is 2.40. The highest BCUT2D eigenvalue weighted by molar-refractivity contribution is 9.10. The highest BCUT2D eigenvalue weighted by Gasteiger charge is 2.16. The quantitative estimate of drug-likeness (QED) is 0.663. The number of Topliss-reactive ketones (excluding diaryl/α,β-unsaturated/α-hetero) is 1. The Morgan fingerprint density at radius 1 is 1.26 bits per heavy atom. The topological polar surface area (TPSA) is 20.3 Å². The molecule has 19 heavy (non-hydrogen) atoms. The molecule has 106 valence electrons. The molecule has 1 rings (SSSR count). The second-order valence-corrected chi connectivity index (χ2v) is 5.85. The molecule has 1 aromatic rings. The van der Waals surface area contributed by atoms with E-state index in [1.165, 1.54) is 12.8 Å². The fourth-order valence-electron chi connectivity index (χ4n) is 2.32. The first kappa shape index (κ1) is 16.2. The minimum Gasteiger partial charge on any atom is -0.371 e. The third-order valence-corrected chi connectivity index (χ3v) is 4.19. The van der Waals surface area contributed by atoms with Crippen molar-refractivity contribution in [1.82, 2.24) is 0 Å². The molecule has 0 heterocycles. The van der Waals surface area contributed by atoms with Crippen LogP contribution in [-0.2, 0) is 0 Å². The molecule has 0 saturated heterocycles. The zero-order valence-electron chi connectivity index (χ0n) is 12.4. The summed E-state index contributed by atoms with van der Waals surface area (Å²) in [4.78, 5) is 14.1. The van der Waals surface area contributed by atoms with Crippen LogP contribution in [0.5, 0.6) is 0 Å². The van der Waals surface area contributed by atoms with Crippen molar-refractivity contribution in [3.8, 4) is 0 Å². The third-order valence-electron chi connectivity index (χ3n) is 3.69. The molecule has 0 amide bonds. The maximum atomic E-state index is 11.8. The van der Waals surface area contributed by atoms with Crippen LogP contribution in [0.25, 0.3) is 0 Å². The average molecular weight is 326 g/mol. The number of rotatable bonds is 7. The van der Waals surface area contributed by atoms with Crippen molar-refractivity contribution in [3.63, 3.8) is 0 Å². The van der Waals surface area contributed by atoms with Crippen LogP contribution in [0, 0.1) is 5.92 Å². The number of hydrogen-bond donors (Lipinski definition) is 0. The lowest BCUT2D eigenvalue weighted by atomic mass is 10.0. The fraction of sp³-hybridized carbons (Fsp3) is 0.562. The van der Waals surface area contributed by atoms with E-state index in [0.29, 0.717) is 5.92 Å². The van der Waals surface area contributed by atoms with Crippen LogP contribution in [0.15, 0.2) is 22.7 Å². The van der Waals surface area contributed by atoms with Crippen LogP contribution in [0.4, 0.5) is 5.69 Å². The SMILES string of the molecule is CCC(CC)CN(CC)c1ccc(Br)cc1C(C)=O. The summed E-state index contributed by atoms with van der Waals surface area (Å²) in [6, 6.07) is 5.98. The Kier molecular flexibility index (Phi) is 6.56. The lowest BCUT2D eigenvalue weighted by Crippen LogP contribution is -2.30. The van der Waals surface area contributed by atoms with Gasteiger partial charge in [0, 0.05) is 28.8 Å². The maximum Gasteiger partial charge on any atom is 0.161 e. The van der Waals surface area contributed by atoms with E-state index in [9.17, 15) is 4.79 Å². The summed E-state index contributed by atoms with van der Waals surface area (Å²) >= 11 is 3.44. The van der Waals surface area contributed by atoms with E-state index in [0.717, 1.165) is 28.8 Å². The first-order valence-corrected chi connectivity index (χ1v) is 7.88. The molecule has 0 aliphatic heterocycles. The zero-order chi connectivity index (χ0) is 14.4. The lowest BCUT2D eigenvalue weighted by molar-refractivity contribution is 0.101. The van der Waals surface area contributed by atoms with Crippen molar-refractivity contribution in [1.29, 1.82) is 0 Å². The monoisotopic (exact) mass is 325 g/mol. The number of carbonyl (C=O) groups excluding carboxylic acids is 1. The Bertz CT molecular complexity index is 427. The Morgan fingerprint density at radius 2 is 1.89 bits per heavy atom. The molecule has 0 fully saturated rings. The smallest absolute Gasteiger partial charge is 0.161 e. The Labute approximate surface area is 125 Å². The van der Waals surface area contributed by atoms with Gasteiger partial charge in [0.1, 0.15) is 0 Å². The van der Waals surface area contributed by atoms with E-state index in [4.69, 9.17) is 0 Å². The molecule has 2 nitrogen and oxygen atoms in total. The van der Waals surface area contributed by atoms with Crippen molar-refractivity contribution < 1.29 is 4.79 Å². The zero-order valence-corrected chi connectivity index (χ0v) is 14.0. The second-order valence-electron chi connectivity index (χ2n) is 4.94. The summed E-state index contributed by atoms with van der Waals surface area (Å²) < 4.78 is 0.958. The molecular formula is C16H24BrNO. The number of halogens is 1. The molecule has 1 aromatic carbocycles. The maximum absolute atomic E-state index is 11.8. The first-order chi connectivity index (χ1) is 9.03. The molecule has 3 heteroatoms. The van der Waals surface area contributed by atoms with E-state index >= 15 is 0 Å². The molecule has 0 aromatic heterocycles. The van der Waals surface area contributed by atoms with Crippen LogP contribution in [0.2, 0.25) is 0 Å². The Balaban J connectivity index is 3.07. The number of hydrogen-bond acceptors (Lipinski definition) is 2. The second kappa shape index (κ2) is 7.68. The van der Waals surface area contributed by atoms with Gasteiger partial charge in [-0.2, -0.15) is 0 Å². The molecule has 0 atom stereocenters. The van der Waals surface area contributed by atoms with Gasteiger partial charge in [-0.25, -0.2) is 0 Å². The van der Waals surface area contributed by atoms with E-state index in [2.05, 4.69) is 41.6 Å². The number of carbonyl (C=O) groups is 1. The van der Waals surface area contributed by atoms with Crippen molar-refractivity contribution in [2.75, 3.05) is 18.0 Å². The third kappa shape index (κ3) is 4.34. The first-order valence-electron chi connectivity index (χ1n) is 7.08. The van der Waals surface area contributed by atoms with Gasteiger partial charge in [0.2, 0.25) is 0 Å². The molecule has 0 saturated carbocycles. The fourth-order valence-corrected chi connectivity index (χ4v) is 2.68. The molecule has 0 aliphatic carbocycles. The summed E-state index contributed by atoms with van der Waals surface area (Å²) in [7, 11) is 0. The number of nitrogens with zero attached hydrogens (tertiary/aromatic N) is 1. The molecule has 0 unspecified atom stereocenters. The van der Waals surface area contributed by atoms with Gasteiger partial charge in [-0.1, -0.05) is 42.6 Å². The standard InChI is InChI=1S/C16H24BrNO/c1-5-13(6-2)11-18(7-3)16-9-8-14(17)10-15(16)12(4)19/h8-10,13H,5-7,11H2,1-4H3. The Hall–Kier alpha value is -0.830. The number of benzene rings is 1. The van der Waals surface area contributed by atoms with Gasteiger partial charge in [0.25, 0.3) is 0 Å². The lowest BCUT2D eigenvalue weighted by Gasteiger charge is -2.29. The van der Waals surface area contributed by atoms with E-state index in [-0.39, 0.29) is 5.78 Å². The number of anilines is 1. The van der Waals surface area contributed by atoms with Crippen LogP contribution < -0.4 is 4.90 Å². The summed E-state index contributed by atoms with van der Waals surface area (Å²) in [6.45, 7) is 10.2. The molecule has 0 radical (unpaired) electrons. The highest BCUT2D eigenvalue weighted by Crippen LogP contribution is 2.26. The van der Waals surface area contributed by atoms with Gasteiger partial charge in [-0.3, -0.25) is 4.79 Å². The predicted molar refractivity (Wildman–Crippen MR) is 86.1 cm³/mol. The Morgan fingerprint density at radius 3 is 2.37 bits per heavy atom. The van der Waals surface area contributed by atoms with Crippen LogP contribution in [-0.4, -0.2) is 18.9 Å². The van der Waals surface area contributed by atoms with Crippen molar-refractivity contribution in [2.24, 2.45) is 5.92 Å². The van der Waals surface area contributed by atoms with Crippen molar-refractivity contribution >= 4 is 27.4 Å². The summed E-state index contributed by atoms with van der Waals surface area (Å²) in [6.07, 6.45) is 2.36. The minimum absolute atomic E-state index is 0.124. The van der Waals surface area contributed by atoms with E-state index in [1.54, 1.807) is 6.92 Å². The van der Waals surface area contributed by atoms with Gasteiger partial charge in [0.15, 0.2) is 5.78 Å². The van der Waals surface area contributed by atoms with E-state index < -0.39 is 0 Å². The largest absolute Gasteiger partial charge is 0.371 e. The van der Waals surface area contributed by atoms with Crippen LogP contribution >= 0.6 is 15.9 Å². The molecule has 0 N–H and O–H groups in total. The van der Waals surface area contributed by atoms with Gasteiger partial charge in [-0.15, -0.1) is 0 Å². The summed E-state index contributed by atoms with van der Waals surface area (Å²) in [5.41, 5.74) is 1.87. The molecule has 0 aliphatic rings. The summed E-state index contributed by atoms with van der Waals surface area (Å²) in [5, 5.41) is 0. The minimum atomic E-state index is 0.124. The van der Waals surface area contributed by atoms with Gasteiger partial charge < -0.3 is 4.90 Å². The van der Waals surface area contributed by atoms with Crippen molar-refractivity contribution in [3.05, 3.63) is 28.2 Å². The predicted octanol–water partition coefficient (Wildman–Crippen LogP) is 4.91. The van der Waals surface area contributed by atoms with Gasteiger partial charge in [-0.05, 0) is 38.0 Å². The van der Waals surface area contributed by atoms with E-state index in [1.807, 2.05) is 18.2 Å².